The van der Waals surface area contributed by atoms with Crippen molar-refractivity contribution in [2.45, 2.75) is 58.0 Å². The van der Waals surface area contributed by atoms with Gasteiger partial charge in [0, 0.05) is 10.9 Å². The number of aryl methyl sites for hydroxylation is 1. The Balaban J connectivity index is 1.58. The molecule has 2 aliphatic rings. The molecule has 140 valence electrons. The predicted octanol–water partition coefficient (Wildman–Crippen LogP) is 2.38. The average Bonchev–Trinajstić information content (AvgIpc) is 3.31. The van der Waals surface area contributed by atoms with Gasteiger partial charge in [0.1, 0.15) is 10.7 Å². The molecule has 1 saturated carbocycles. The maximum Gasteiger partial charge on any atom is 0.259 e. The number of carbonyl (C=O) groups is 1. The maximum absolute atomic E-state index is 12.7. The number of H-pyrrole nitrogens is 1. The monoisotopic (exact) mass is 374 g/mol. The molecule has 1 amide bonds. The lowest BCUT2D eigenvalue weighted by Gasteiger charge is -2.23. The lowest BCUT2D eigenvalue weighted by atomic mass is 9.89. The molecular formula is C19H26N4O2S. The van der Waals surface area contributed by atoms with Gasteiger partial charge >= 0.3 is 0 Å². The van der Waals surface area contributed by atoms with Gasteiger partial charge in [-0.2, -0.15) is 0 Å². The molecule has 2 aromatic rings. The highest BCUT2D eigenvalue weighted by Crippen LogP contribution is 2.36. The van der Waals surface area contributed by atoms with Crippen LogP contribution in [0.4, 0.5) is 0 Å². The number of hydrogen-bond acceptors (Lipinski definition) is 5. The number of fused-ring (bicyclic) bond motifs is 3. The van der Waals surface area contributed by atoms with Crippen LogP contribution in [0.1, 0.15) is 55.4 Å². The minimum Gasteiger partial charge on any atom is -0.352 e. The molecule has 0 spiro atoms. The lowest BCUT2D eigenvalue weighted by Crippen LogP contribution is -2.38. The van der Waals surface area contributed by atoms with Gasteiger partial charge in [0.15, 0.2) is 0 Å². The van der Waals surface area contributed by atoms with Gasteiger partial charge in [0.05, 0.1) is 18.0 Å². The first-order chi connectivity index (χ1) is 12.4. The average molecular weight is 375 g/mol. The van der Waals surface area contributed by atoms with Gasteiger partial charge in [0.25, 0.3) is 5.56 Å². The molecule has 1 fully saturated rings. The van der Waals surface area contributed by atoms with E-state index in [0.717, 1.165) is 42.3 Å². The number of amides is 1. The van der Waals surface area contributed by atoms with Gasteiger partial charge in [0.2, 0.25) is 5.91 Å². The largest absolute Gasteiger partial charge is 0.352 e. The third kappa shape index (κ3) is 3.42. The van der Waals surface area contributed by atoms with E-state index in [1.165, 1.54) is 10.4 Å². The number of hydrogen-bond donors (Lipinski definition) is 2. The molecule has 2 aliphatic carbocycles. The van der Waals surface area contributed by atoms with Crippen LogP contribution in [0.15, 0.2) is 4.79 Å². The van der Waals surface area contributed by atoms with Crippen molar-refractivity contribution in [1.29, 1.82) is 0 Å². The number of thiophene rings is 1. The normalized spacial score (nSPS) is 21.0. The van der Waals surface area contributed by atoms with E-state index in [4.69, 9.17) is 4.98 Å². The Labute approximate surface area is 157 Å². The first-order valence-corrected chi connectivity index (χ1v) is 10.3. The summed E-state index contributed by atoms with van der Waals surface area (Å²) in [5.74, 6) is 1.34. The Morgan fingerprint density at radius 1 is 1.42 bits per heavy atom. The Bertz CT molecular complexity index is 899. The molecule has 0 saturated heterocycles. The fraction of sp³-hybridized carbons (Fsp3) is 0.632. The Hall–Kier alpha value is -1.73. The molecule has 0 aliphatic heterocycles. The van der Waals surface area contributed by atoms with Crippen molar-refractivity contribution in [2.75, 3.05) is 13.6 Å². The molecular weight excluding hydrogens is 348 g/mol. The van der Waals surface area contributed by atoms with Crippen LogP contribution in [0.5, 0.6) is 0 Å². The zero-order valence-electron chi connectivity index (χ0n) is 15.6. The highest BCUT2D eigenvalue weighted by molar-refractivity contribution is 7.18. The van der Waals surface area contributed by atoms with Crippen LogP contribution in [0.3, 0.4) is 0 Å². The first-order valence-electron chi connectivity index (χ1n) is 9.46. The number of nitrogens with one attached hydrogen (secondary N) is 2. The number of aromatic nitrogens is 2. The minimum atomic E-state index is -0.130. The van der Waals surface area contributed by atoms with Crippen molar-refractivity contribution >= 4 is 27.5 Å². The lowest BCUT2D eigenvalue weighted by molar-refractivity contribution is -0.122. The summed E-state index contributed by atoms with van der Waals surface area (Å²) in [7, 11) is 1.89. The fourth-order valence-electron chi connectivity index (χ4n) is 3.64. The summed E-state index contributed by atoms with van der Waals surface area (Å²) in [6.07, 6.45) is 5.31. The van der Waals surface area contributed by atoms with Crippen molar-refractivity contribution in [3.63, 3.8) is 0 Å². The van der Waals surface area contributed by atoms with E-state index in [9.17, 15) is 9.59 Å². The summed E-state index contributed by atoms with van der Waals surface area (Å²) in [4.78, 5) is 36.6. The molecule has 0 aromatic carbocycles. The van der Waals surface area contributed by atoms with Gasteiger partial charge < -0.3 is 10.3 Å². The van der Waals surface area contributed by atoms with Crippen LogP contribution < -0.4 is 10.9 Å². The van der Waals surface area contributed by atoms with Gasteiger partial charge in [-0.3, -0.25) is 14.5 Å². The third-order valence-electron chi connectivity index (χ3n) is 5.58. The van der Waals surface area contributed by atoms with Crippen molar-refractivity contribution in [3.05, 3.63) is 26.6 Å². The van der Waals surface area contributed by atoms with Crippen LogP contribution in [-0.2, 0) is 17.6 Å². The molecule has 0 radical (unpaired) electrons. The SMILES string of the molecule is C[C@H]1CCc2c(sc3nc([C@H](C)N(C)CC(=O)NC4CC4)[nH]c(=O)c23)C1. The quantitative estimate of drug-likeness (QED) is 0.842. The fourth-order valence-corrected chi connectivity index (χ4v) is 5.03. The summed E-state index contributed by atoms with van der Waals surface area (Å²) in [5.41, 5.74) is 1.16. The molecule has 0 bridgehead atoms. The van der Waals surface area contributed by atoms with E-state index >= 15 is 0 Å². The van der Waals surface area contributed by atoms with Crippen molar-refractivity contribution in [3.8, 4) is 0 Å². The second-order valence-corrected chi connectivity index (χ2v) is 9.00. The second kappa shape index (κ2) is 6.78. The maximum atomic E-state index is 12.7. The van der Waals surface area contributed by atoms with Crippen molar-refractivity contribution in [1.82, 2.24) is 20.2 Å². The van der Waals surface area contributed by atoms with Crippen LogP contribution in [0.25, 0.3) is 10.2 Å². The highest BCUT2D eigenvalue weighted by Gasteiger charge is 2.26. The molecule has 2 aromatic heterocycles. The van der Waals surface area contributed by atoms with E-state index in [2.05, 4.69) is 17.2 Å². The van der Waals surface area contributed by atoms with Gasteiger partial charge in [-0.1, -0.05) is 6.92 Å². The van der Waals surface area contributed by atoms with E-state index in [-0.39, 0.29) is 17.5 Å². The topological polar surface area (TPSA) is 78.1 Å². The molecule has 26 heavy (non-hydrogen) atoms. The third-order valence-corrected chi connectivity index (χ3v) is 6.72. The van der Waals surface area contributed by atoms with Gasteiger partial charge in [-0.25, -0.2) is 4.98 Å². The number of rotatable bonds is 5. The summed E-state index contributed by atoms with van der Waals surface area (Å²) in [6.45, 7) is 4.54. The van der Waals surface area contributed by atoms with E-state index in [1.54, 1.807) is 11.3 Å². The summed E-state index contributed by atoms with van der Waals surface area (Å²) in [5, 5.41) is 3.78. The van der Waals surface area contributed by atoms with Crippen molar-refractivity contribution < 1.29 is 4.79 Å². The Kier molecular flexibility index (Phi) is 4.61. The molecule has 4 rings (SSSR count). The molecule has 0 unspecified atom stereocenters. The van der Waals surface area contributed by atoms with E-state index in [1.807, 2.05) is 18.9 Å². The van der Waals surface area contributed by atoms with Gasteiger partial charge in [-0.15, -0.1) is 11.3 Å². The summed E-state index contributed by atoms with van der Waals surface area (Å²) >= 11 is 1.66. The number of likely N-dealkylation sites (N-methyl/N-ethyl adjacent to an activating group) is 1. The van der Waals surface area contributed by atoms with Crippen LogP contribution in [0, 0.1) is 5.92 Å². The second-order valence-electron chi connectivity index (χ2n) is 7.92. The van der Waals surface area contributed by atoms with Crippen LogP contribution in [-0.4, -0.2) is 40.4 Å². The zero-order chi connectivity index (χ0) is 18.4. The van der Waals surface area contributed by atoms with Crippen LogP contribution in [0.2, 0.25) is 0 Å². The standard InChI is InChI=1S/C19H26N4O2S/c1-10-4-7-13-14(8-10)26-19-16(13)18(25)21-17(22-19)11(2)23(3)9-15(24)20-12-5-6-12/h10-12H,4-9H2,1-3H3,(H,20,24)(H,21,22,25)/t10-,11-/m0/s1. The smallest absolute Gasteiger partial charge is 0.259 e. The van der Waals surface area contributed by atoms with E-state index < -0.39 is 0 Å². The van der Waals surface area contributed by atoms with Crippen molar-refractivity contribution in [2.24, 2.45) is 5.92 Å². The van der Waals surface area contributed by atoms with E-state index in [0.29, 0.717) is 24.3 Å². The Morgan fingerprint density at radius 3 is 2.92 bits per heavy atom. The molecule has 7 heteroatoms. The molecule has 2 atom stereocenters. The number of aromatic amines is 1. The predicted molar refractivity (Wildman–Crippen MR) is 104 cm³/mol. The molecule has 2 heterocycles. The van der Waals surface area contributed by atoms with Crippen LogP contribution >= 0.6 is 11.3 Å². The number of carbonyl (C=O) groups excluding carboxylic acids is 1. The summed E-state index contributed by atoms with van der Waals surface area (Å²) in [6, 6.07) is 0.232. The first kappa shape index (κ1) is 17.7. The summed E-state index contributed by atoms with van der Waals surface area (Å²) < 4.78 is 0. The Morgan fingerprint density at radius 2 is 2.19 bits per heavy atom. The highest BCUT2D eigenvalue weighted by atomic mass is 32.1. The van der Waals surface area contributed by atoms with Gasteiger partial charge in [-0.05, 0) is 57.6 Å². The molecule has 2 N–H and O–H groups in total. The molecule has 6 nitrogen and oxygen atoms in total. The minimum absolute atomic E-state index is 0.0332. The zero-order valence-corrected chi connectivity index (χ0v) is 16.4. The number of nitrogens with zero attached hydrogens (tertiary/aromatic N) is 2.